The van der Waals surface area contributed by atoms with E-state index in [1.807, 2.05) is 0 Å². The lowest BCUT2D eigenvalue weighted by Gasteiger charge is -2.31. The molecule has 0 aliphatic carbocycles. The Hall–Kier alpha value is -7.24. The lowest BCUT2D eigenvalue weighted by molar-refractivity contribution is -0.143. The summed E-state index contributed by atoms with van der Waals surface area (Å²) in [6.45, 7) is 7.02. The van der Waals surface area contributed by atoms with Crippen LogP contribution in [0, 0.1) is 11.8 Å². The number of nitrogens with two attached hydrogens (primary N) is 2. The number of nitrogens with one attached hydrogen (secondary N) is 7. The second-order valence-electron chi connectivity index (χ2n) is 20.0. The molecule has 420 valence electrons. The van der Waals surface area contributed by atoms with Gasteiger partial charge in [-0.15, -0.1) is 0 Å². The predicted molar refractivity (Wildman–Crippen MR) is 290 cm³/mol. The number of carbonyl (C=O) groups is 9. The van der Waals surface area contributed by atoms with Crippen LogP contribution >= 0.6 is 12.6 Å². The van der Waals surface area contributed by atoms with Crippen molar-refractivity contribution in [3.05, 3.63) is 95.6 Å². The zero-order chi connectivity index (χ0) is 56.8. The van der Waals surface area contributed by atoms with Crippen LogP contribution in [0.15, 0.2) is 78.9 Å². The SMILES string of the molecule is CC(C)C[C@H](NC(=O)CNC(=O)[C@@H]1CCCN1C(=O)[C@@H](NC(=O)[C@H](CCCCN)NC(=O)[C@@H](N)CS)C(C)C)C(=O)N[C@@H](Cc1ccc(O)cc1)C(=O)N[C@@H](Cc1ccc(O)cc1)C(=O)N[C@@H](Cc1ccccc1)C(=O)O. The average molecular weight is 1090 g/mol. The van der Waals surface area contributed by atoms with Gasteiger partial charge in [-0.1, -0.05) is 82.3 Å². The first kappa shape index (κ1) is 62.3. The Labute approximate surface area is 454 Å². The van der Waals surface area contributed by atoms with Gasteiger partial charge in [-0.2, -0.15) is 12.6 Å². The maximum Gasteiger partial charge on any atom is 0.326 e. The molecule has 0 spiro atoms. The van der Waals surface area contributed by atoms with Crippen LogP contribution in [-0.2, 0) is 62.4 Å². The number of likely N-dealkylation sites (tertiary alicyclic amines) is 1. The Kier molecular flexibility index (Phi) is 25.2. The Bertz CT molecular complexity index is 2470. The first-order valence-corrected chi connectivity index (χ1v) is 26.5. The zero-order valence-corrected chi connectivity index (χ0v) is 44.9. The summed E-state index contributed by atoms with van der Waals surface area (Å²) in [5.74, 6) is -7.64. The van der Waals surface area contributed by atoms with E-state index in [9.17, 15) is 58.5 Å². The number of thiol groups is 1. The molecule has 22 nitrogen and oxygen atoms in total. The van der Waals surface area contributed by atoms with Crippen molar-refractivity contribution in [1.29, 1.82) is 0 Å². The van der Waals surface area contributed by atoms with E-state index in [0.29, 0.717) is 42.5 Å². The monoisotopic (exact) mass is 1090 g/mol. The normalized spacial score (nSPS) is 15.9. The number of unbranched alkanes of at least 4 members (excludes halogenated alkanes) is 1. The molecule has 0 saturated carbocycles. The maximum absolute atomic E-state index is 14.4. The van der Waals surface area contributed by atoms with E-state index in [4.69, 9.17) is 11.5 Å². The highest BCUT2D eigenvalue weighted by Gasteiger charge is 2.40. The number of phenolic OH excluding ortho intramolecular Hbond substituents is 2. The highest BCUT2D eigenvalue weighted by molar-refractivity contribution is 7.80. The van der Waals surface area contributed by atoms with Crippen molar-refractivity contribution in [3.63, 3.8) is 0 Å². The quantitative estimate of drug-likeness (QED) is 0.0316. The average Bonchev–Trinajstić information content (AvgIpc) is 3.90. The van der Waals surface area contributed by atoms with Crippen LogP contribution in [0.3, 0.4) is 0 Å². The van der Waals surface area contributed by atoms with Crippen LogP contribution in [0.5, 0.6) is 11.5 Å². The molecule has 77 heavy (non-hydrogen) atoms. The van der Waals surface area contributed by atoms with E-state index in [-0.39, 0.29) is 68.2 Å². The van der Waals surface area contributed by atoms with Crippen molar-refractivity contribution in [2.45, 2.75) is 134 Å². The van der Waals surface area contributed by atoms with Gasteiger partial charge in [-0.3, -0.25) is 38.4 Å². The number of carbonyl (C=O) groups excluding carboxylic acids is 8. The van der Waals surface area contributed by atoms with Gasteiger partial charge in [0.2, 0.25) is 47.3 Å². The van der Waals surface area contributed by atoms with E-state index >= 15 is 0 Å². The maximum atomic E-state index is 14.4. The van der Waals surface area contributed by atoms with Gasteiger partial charge in [0.1, 0.15) is 53.8 Å². The molecule has 8 amide bonds. The van der Waals surface area contributed by atoms with Gasteiger partial charge in [-0.25, -0.2) is 4.79 Å². The molecule has 3 aromatic carbocycles. The molecular weight excluding hydrogens is 1010 g/mol. The van der Waals surface area contributed by atoms with Crippen LogP contribution in [-0.4, -0.2) is 147 Å². The highest BCUT2D eigenvalue weighted by Crippen LogP contribution is 2.21. The Morgan fingerprint density at radius 2 is 1.13 bits per heavy atom. The summed E-state index contributed by atoms with van der Waals surface area (Å²) < 4.78 is 0. The number of aromatic hydroxyl groups is 2. The fraction of sp³-hybridized carbons (Fsp3) is 0.500. The van der Waals surface area contributed by atoms with E-state index in [1.54, 1.807) is 58.0 Å². The molecule has 1 aliphatic rings. The smallest absolute Gasteiger partial charge is 0.326 e. The molecule has 0 unspecified atom stereocenters. The van der Waals surface area contributed by atoms with E-state index in [1.165, 1.54) is 53.4 Å². The topological polar surface area (TPSA) is 354 Å². The van der Waals surface area contributed by atoms with Gasteiger partial charge < -0.3 is 68.9 Å². The number of hydrogen-bond donors (Lipinski definition) is 13. The number of aliphatic carboxylic acids is 1. The van der Waals surface area contributed by atoms with Crippen LogP contribution in [0.4, 0.5) is 0 Å². The fourth-order valence-electron chi connectivity index (χ4n) is 8.63. The lowest BCUT2D eigenvalue weighted by atomic mass is 9.99. The van der Waals surface area contributed by atoms with Crippen LogP contribution in [0.2, 0.25) is 0 Å². The molecule has 1 saturated heterocycles. The van der Waals surface area contributed by atoms with Crippen molar-refractivity contribution in [2.75, 3.05) is 25.4 Å². The second-order valence-corrected chi connectivity index (χ2v) is 20.3. The number of carboxylic acids is 1. The minimum Gasteiger partial charge on any atom is -0.508 e. The number of carboxylic acid groups (broad SMARTS) is 1. The number of nitrogens with zero attached hydrogens (tertiary/aromatic N) is 1. The molecule has 0 radical (unpaired) electrons. The third-order valence-corrected chi connectivity index (χ3v) is 13.3. The molecule has 4 rings (SSSR count). The first-order chi connectivity index (χ1) is 36.6. The van der Waals surface area contributed by atoms with Gasteiger partial charge in [0.15, 0.2) is 0 Å². The van der Waals surface area contributed by atoms with Gasteiger partial charge in [0, 0.05) is 31.6 Å². The molecular formula is C54H76N10O12S. The van der Waals surface area contributed by atoms with Crippen molar-refractivity contribution in [2.24, 2.45) is 23.3 Å². The third-order valence-electron chi connectivity index (χ3n) is 12.9. The van der Waals surface area contributed by atoms with Crippen LogP contribution in [0.1, 0.15) is 82.9 Å². The number of benzene rings is 3. The number of hydrogen-bond acceptors (Lipinski definition) is 14. The molecule has 0 bridgehead atoms. The molecule has 1 aliphatic heterocycles. The van der Waals surface area contributed by atoms with E-state index < -0.39 is 114 Å². The number of rotatable bonds is 30. The number of phenols is 2. The summed E-state index contributed by atoms with van der Waals surface area (Å²) in [6, 6.07) is 10.8. The summed E-state index contributed by atoms with van der Waals surface area (Å²) in [4.78, 5) is 124. The van der Waals surface area contributed by atoms with E-state index in [0.717, 1.165) is 0 Å². The Balaban J connectivity index is 1.49. The van der Waals surface area contributed by atoms with Gasteiger partial charge in [0.25, 0.3) is 0 Å². The lowest BCUT2D eigenvalue weighted by Crippen LogP contribution is -2.60. The standard InChI is InChI=1S/C54H76N10O12S/c1-31(2)25-40(58-45(67)29-57-52(73)44-14-10-24-64(44)53(74)46(32(3)4)63-48(69)39(13-8-9-23-55)59-47(68)38(56)30-77)49(70)60-41(26-34-15-19-36(65)20-16-34)50(71)61-42(27-35-17-21-37(66)22-18-35)51(72)62-43(54(75)76)28-33-11-6-5-7-12-33/h5-7,11-12,15-22,31-32,38-44,46,65-66,77H,8-10,13-14,23-30,55-56H2,1-4H3,(H,57,73)(H,58,67)(H,59,68)(H,60,70)(H,61,71)(H,62,72)(H,63,69)(H,75,76)/t38-,39-,40-,41-,42-,43-,44-,46-/m0/s1. The number of amides is 8. The molecule has 0 aromatic heterocycles. The van der Waals surface area contributed by atoms with Crippen LogP contribution < -0.4 is 48.7 Å². The van der Waals surface area contributed by atoms with Crippen LogP contribution in [0.25, 0.3) is 0 Å². The van der Waals surface area contributed by atoms with Crippen molar-refractivity contribution < 1.29 is 58.5 Å². The zero-order valence-electron chi connectivity index (χ0n) is 44.0. The first-order valence-electron chi connectivity index (χ1n) is 25.9. The Morgan fingerprint density at radius 1 is 0.636 bits per heavy atom. The van der Waals surface area contributed by atoms with Crippen molar-refractivity contribution in [3.8, 4) is 11.5 Å². The molecule has 8 atom stereocenters. The van der Waals surface area contributed by atoms with Crippen molar-refractivity contribution >= 4 is 65.9 Å². The summed E-state index contributed by atoms with van der Waals surface area (Å²) in [5.41, 5.74) is 13.1. The molecule has 1 fully saturated rings. The summed E-state index contributed by atoms with van der Waals surface area (Å²) in [7, 11) is 0. The summed E-state index contributed by atoms with van der Waals surface area (Å²) in [5, 5.41) is 48.6. The van der Waals surface area contributed by atoms with Gasteiger partial charge >= 0.3 is 5.97 Å². The van der Waals surface area contributed by atoms with Gasteiger partial charge in [0.05, 0.1) is 12.6 Å². The predicted octanol–water partition coefficient (Wildman–Crippen LogP) is 0.314. The fourth-order valence-corrected chi connectivity index (χ4v) is 8.79. The minimum absolute atomic E-state index is 0.0421. The molecule has 14 N–H and O–H groups in total. The molecule has 3 aromatic rings. The van der Waals surface area contributed by atoms with Gasteiger partial charge in [-0.05, 0) is 97.9 Å². The largest absolute Gasteiger partial charge is 0.508 e. The molecule has 1 heterocycles. The second kappa shape index (κ2) is 31.1. The third kappa shape index (κ3) is 20.3. The van der Waals surface area contributed by atoms with Crippen molar-refractivity contribution in [1.82, 2.24) is 42.1 Å². The van der Waals surface area contributed by atoms with E-state index in [2.05, 4.69) is 49.8 Å². The summed E-state index contributed by atoms with van der Waals surface area (Å²) in [6.07, 6.45) is 1.73. The Morgan fingerprint density at radius 3 is 1.64 bits per heavy atom. The molecule has 23 heteroatoms. The summed E-state index contributed by atoms with van der Waals surface area (Å²) >= 11 is 4.07. The minimum atomic E-state index is -1.41. The highest BCUT2D eigenvalue weighted by atomic mass is 32.1.